The number of aromatic nitrogens is 4. The van der Waals surface area contributed by atoms with Gasteiger partial charge in [-0.15, -0.1) is 5.10 Å². The van der Waals surface area contributed by atoms with Crippen LogP contribution in [0.2, 0.25) is 5.02 Å². The monoisotopic (exact) mass is 376 g/mol. The number of benzene rings is 1. The first-order valence-corrected chi connectivity index (χ1v) is 9.16. The number of nitrogens with zero attached hydrogens (tertiary/aromatic N) is 5. The molecule has 1 aliphatic carbocycles. The molecule has 1 amide bonds. The molecule has 2 aromatic rings. The van der Waals surface area contributed by atoms with Crippen LogP contribution in [0.25, 0.3) is 5.69 Å². The average Bonchev–Trinajstić information content (AvgIpc) is 3.16. The third kappa shape index (κ3) is 3.52. The molecule has 8 nitrogen and oxygen atoms in total. The lowest BCUT2D eigenvalue weighted by molar-refractivity contribution is 0.0944. The lowest BCUT2D eigenvalue weighted by atomic mass is 10.1. The summed E-state index contributed by atoms with van der Waals surface area (Å²) in [7, 11) is 1.52. The molecule has 1 atom stereocenters. The number of tetrazole rings is 1. The highest BCUT2D eigenvalue weighted by Crippen LogP contribution is 2.32. The maximum absolute atomic E-state index is 12.6. The van der Waals surface area contributed by atoms with Crippen LogP contribution in [0, 0.1) is 5.92 Å². The number of likely N-dealkylation sites (tertiary alicyclic amines) is 1. The molecule has 1 aromatic heterocycles. The van der Waals surface area contributed by atoms with E-state index in [9.17, 15) is 4.79 Å². The number of hydrogen-bond donors (Lipinski definition) is 1. The molecule has 4 rings (SSSR count). The van der Waals surface area contributed by atoms with Gasteiger partial charge in [-0.1, -0.05) is 11.6 Å². The van der Waals surface area contributed by atoms with Gasteiger partial charge in [-0.2, -0.15) is 4.68 Å². The van der Waals surface area contributed by atoms with Gasteiger partial charge in [-0.05, 0) is 48.2 Å². The van der Waals surface area contributed by atoms with Crippen LogP contribution in [-0.2, 0) is 0 Å². The number of amides is 1. The van der Waals surface area contributed by atoms with Crippen LogP contribution in [0.4, 0.5) is 0 Å². The van der Waals surface area contributed by atoms with Crippen LogP contribution in [0.3, 0.4) is 0 Å². The predicted octanol–water partition coefficient (Wildman–Crippen LogP) is 1.54. The Morgan fingerprint density at radius 2 is 2.23 bits per heavy atom. The van der Waals surface area contributed by atoms with E-state index >= 15 is 0 Å². The Morgan fingerprint density at radius 3 is 2.92 bits per heavy atom. The maximum atomic E-state index is 12.6. The predicted molar refractivity (Wildman–Crippen MR) is 95.8 cm³/mol. The van der Waals surface area contributed by atoms with E-state index in [2.05, 4.69) is 25.7 Å². The molecule has 9 heteroatoms. The van der Waals surface area contributed by atoms with E-state index in [1.54, 1.807) is 12.1 Å². The molecular weight excluding hydrogens is 356 g/mol. The summed E-state index contributed by atoms with van der Waals surface area (Å²) in [6.07, 6.45) is 5.21. The van der Waals surface area contributed by atoms with E-state index in [0.717, 1.165) is 25.6 Å². The van der Waals surface area contributed by atoms with E-state index in [4.69, 9.17) is 16.3 Å². The minimum atomic E-state index is -0.183. The summed E-state index contributed by atoms with van der Waals surface area (Å²) in [5.41, 5.74) is 0.965. The van der Waals surface area contributed by atoms with Crippen molar-refractivity contribution in [3.05, 3.63) is 29.0 Å². The molecule has 1 saturated heterocycles. The fourth-order valence-electron chi connectivity index (χ4n) is 3.47. The standard InChI is InChI=1S/C17H21ClN6O2/c1-26-16-7-15(24-10-20-21-22-24)14(18)6-13(16)17(25)19-8-11-4-5-23(9-11)12-2-3-12/h6-7,10-12H,2-5,8-9H2,1H3,(H,19,25). The van der Waals surface area contributed by atoms with Crippen LogP contribution in [0.15, 0.2) is 18.5 Å². The largest absolute Gasteiger partial charge is 0.496 e. The van der Waals surface area contributed by atoms with Crippen LogP contribution >= 0.6 is 11.6 Å². The first kappa shape index (κ1) is 17.2. The second kappa shape index (κ2) is 7.20. The molecular formula is C17H21ClN6O2. The highest BCUT2D eigenvalue weighted by Gasteiger charge is 2.34. The number of nitrogens with one attached hydrogen (secondary N) is 1. The quantitative estimate of drug-likeness (QED) is 0.823. The molecule has 0 spiro atoms. The van der Waals surface area contributed by atoms with Gasteiger partial charge in [-0.25, -0.2) is 0 Å². The molecule has 2 fully saturated rings. The van der Waals surface area contributed by atoms with Crippen molar-refractivity contribution in [2.45, 2.75) is 25.3 Å². The van der Waals surface area contributed by atoms with Crippen molar-refractivity contribution in [2.75, 3.05) is 26.7 Å². The Kier molecular flexibility index (Phi) is 4.78. The number of carbonyl (C=O) groups is 1. The lowest BCUT2D eigenvalue weighted by Gasteiger charge is -2.16. The normalized spacial score (nSPS) is 20.3. The summed E-state index contributed by atoms with van der Waals surface area (Å²) >= 11 is 6.32. The van der Waals surface area contributed by atoms with Crippen LogP contribution in [-0.4, -0.2) is 63.8 Å². The zero-order valence-corrected chi connectivity index (χ0v) is 15.3. The molecule has 1 saturated carbocycles. The van der Waals surface area contributed by atoms with E-state index < -0.39 is 0 Å². The molecule has 1 aliphatic heterocycles. The first-order valence-electron chi connectivity index (χ1n) is 8.79. The SMILES string of the molecule is COc1cc(-n2cnnn2)c(Cl)cc1C(=O)NCC1CCN(C2CC2)C1. The molecule has 2 heterocycles. The van der Waals surface area contributed by atoms with Gasteiger partial charge in [0.05, 0.1) is 23.4 Å². The minimum Gasteiger partial charge on any atom is -0.496 e. The Bertz CT molecular complexity index is 793. The highest BCUT2D eigenvalue weighted by atomic mass is 35.5. The first-order chi connectivity index (χ1) is 12.7. The molecule has 2 aliphatic rings. The van der Waals surface area contributed by atoms with Crippen LogP contribution in [0.1, 0.15) is 29.6 Å². The third-order valence-corrected chi connectivity index (χ3v) is 5.34. The number of methoxy groups -OCH3 is 1. The smallest absolute Gasteiger partial charge is 0.255 e. The zero-order valence-electron chi connectivity index (χ0n) is 14.6. The molecule has 0 radical (unpaired) electrons. The number of ether oxygens (including phenoxy) is 1. The zero-order chi connectivity index (χ0) is 18.1. The highest BCUT2D eigenvalue weighted by molar-refractivity contribution is 6.33. The number of hydrogen-bond acceptors (Lipinski definition) is 6. The van der Waals surface area contributed by atoms with Crippen molar-refractivity contribution < 1.29 is 9.53 Å². The fourth-order valence-corrected chi connectivity index (χ4v) is 3.72. The van der Waals surface area contributed by atoms with E-state index in [1.807, 2.05) is 0 Å². The van der Waals surface area contributed by atoms with Crippen molar-refractivity contribution in [1.82, 2.24) is 30.4 Å². The van der Waals surface area contributed by atoms with Crippen molar-refractivity contribution in [3.63, 3.8) is 0 Å². The summed E-state index contributed by atoms with van der Waals surface area (Å²) < 4.78 is 6.81. The molecule has 1 N–H and O–H groups in total. The maximum Gasteiger partial charge on any atom is 0.255 e. The Labute approximate surface area is 156 Å². The molecule has 26 heavy (non-hydrogen) atoms. The summed E-state index contributed by atoms with van der Waals surface area (Å²) in [5.74, 6) is 0.752. The second-order valence-corrected chi connectivity index (χ2v) is 7.26. The molecule has 138 valence electrons. The van der Waals surface area contributed by atoms with Gasteiger partial charge >= 0.3 is 0 Å². The van der Waals surface area contributed by atoms with Crippen molar-refractivity contribution in [1.29, 1.82) is 0 Å². The molecule has 0 bridgehead atoms. The summed E-state index contributed by atoms with van der Waals surface area (Å²) in [6, 6.07) is 4.05. The van der Waals surface area contributed by atoms with Gasteiger partial charge in [0.2, 0.25) is 0 Å². The molecule has 1 unspecified atom stereocenters. The van der Waals surface area contributed by atoms with Gasteiger partial charge in [-0.3, -0.25) is 4.79 Å². The number of halogens is 1. The van der Waals surface area contributed by atoms with Gasteiger partial charge in [0.15, 0.2) is 0 Å². The minimum absolute atomic E-state index is 0.183. The third-order valence-electron chi connectivity index (χ3n) is 5.04. The number of rotatable bonds is 6. The Morgan fingerprint density at radius 1 is 1.38 bits per heavy atom. The summed E-state index contributed by atoms with van der Waals surface area (Å²) in [4.78, 5) is 15.2. The topological polar surface area (TPSA) is 85.2 Å². The summed E-state index contributed by atoms with van der Waals surface area (Å²) in [5, 5.41) is 14.4. The van der Waals surface area contributed by atoms with E-state index in [-0.39, 0.29) is 5.91 Å². The van der Waals surface area contributed by atoms with Gasteiger partial charge < -0.3 is 15.0 Å². The summed E-state index contributed by atoms with van der Waals surface area (Å²) in [6.45, 7) is 2.87. The van der Waals surface area contributed by atoms with Crippen molar-refractivity contribution in [3.8, 4) is 11.4 Å². The fraction of sp³-hybridized carbons (Fsp3) is 0.529. The average molecular weight is 377 g/mol. The van der Waals surface area contributed by atoms with Crippen LogP contribution < -0.4 is 10.1 Å². The second-order valence-electron chi connectivity index (χ2n) is 6.85. The molecule has 1 aromatic carbocycles. The van der Waals surface area contributed by atoms with Gasteiger partial charge in [0, 0.05) is 25.2 Å². The van der Waals surface area contributed by atoms with Gasteiger partial charge in [0.1, 0.15) is 12.1 Å². The van der Waals surface area contributed by atoms with Crippen molar-refractivity contribution >= 4 is 17.5 Å². The van der Waals surface area contributed by atoms with E-state index in [1.165, 1.54) is 31.0 Å². The van der Waals surface area contributed by atoms with Crippen molar-refractivity contribution in [2.24, 2.45) is 5.92 Å². The van der Waals surface area contributed by atoms with E-state index in [0.29, 0.717) is 34.5 Å². The Hall–Kier alpha value is -2.19. The number of carbonyl (C=O) groups excluding carboxylic acids is 1. The lowest BCUT2D eigenvalue weighted by Crippen LogP contribution is -2.31. The van der Waals surface area contributed by atoms with Gasteiger partial charge in [0.25, 0.3) is 5.91 Å². The Balaban J connectivity index is 1.44. The van der Waals surface area contributed by atoms with Crippen LogP contribution in [0.5, 0.6) is 5.75 Å².